The number of carbonyl (C=O) groups excluding carboxylic acids is 2. The summed E-state index contributed by atoms with van der Waals surface area (Å²) in [5, 5.41) is 3.12. The zero-order valence-corrected chi connectivity index (χ0v) is 17.6. The average Bonchev–Trinajstić information content (AvgIpc) is 2.78. The third-order valence-electron chi connectivity index (χ3n) is 7.26. The van der Waals surface area contributed by atoms with Crippen molar-refractivity contribution < 1.29 is 28.2 Å². The number of benzene rings is 1. The Kier molecular flexibility index (Phi) is 5.60. The predicted octanol–water partition coefficient (Wildman–Crippen LogP) is 2.14. The van der Waals surface area contributed by atoms with E-state index < -0.39 is 5.54 Å². The minimum atomic E-state index is -0.637. The fourth-order valence-electron chi connectivity index (χ4n) is 5.68. The van der Waals surface area contributed by atoms with Gasteiger partial charge in [-0.25, -0.2) is 4.39 Å². The Morgan fingerprint density at radius 3 is 2.77 bits per heavy atom. The molecule has 2 saturated heterocycles. The summed E-state index contributed by atoms with van der Waals surface area (Å²) in [6.07, 6.45) is 5.11. The quantitative estimate of drug-likeness (QED) is 0.680. The number of hydrogen-bond acceptors (Lipinski definition) is 5. The highest BCUT2D eigenvalue weighted by Crippen LogP contribution is 2.40. The van der Waals surface area contributed by atoms with Crippen molar-refractivity contribution in [3.05, 3.63) is 29.6 Å². The van der Waals surface area contributed by atoms with E-state index in [1.807, 2.05) is 0 Å². The lowest BCUT2D eigenvalue weighted by atomic mass is 9.80. The molecule has 1 spiro atoms. The number of halogens is 1. The van der Waals surface area contributed by atoms with E-state index in [4.69, 9.17) is 14.2 Å². The molecule has 1 N–H and O–H groups in total. The first-order valence-electron chi connectivity index (χ1n) is 11.3. The van der Waals surface area contributed by atoms with Crippen LogP contribution in [0.5, 0.6) is 5.75 Å². The van der Waals surface area contributed by atoms with Crippen LogP contribution in [-0.2, 0) is 19.1 Å². The van der Waals surface area contributed by atoms with Crippen LogP contribution >= 0.6 is 0 Å². The van der Waals surface area contributed by atoms with Crippen LogP contribution < -0.4 is 10.1 Å². The molecule has 2 atom stereocenters. The minimum absolute atomic E-state index is 0.0454. The Morgan fingerprint density at radius 2 is 1.97 bits per heavy atom. The molecule has 3 fully saturated rings. The first-order chi connectivity index (χ1) is 15.0. The molecule has 0 aromatic heterocycles. The maximum absolute atomic E-state index is 14.0. The molecule has 1 aromatic rings. The second-order valence-electron chi connectivity index (χ2n) is 9.18. The zero-order chi connectivity index (χ0) is 21.4. The number of hydrogen-bond donors (Lipinski definition) is 1. The lowest BCUT2D eigenvalue weighted by Crippen LogP contribution is -2.72. The second kappa shape index (κ2) is 8.39. The molecule has 1 aromatic carbocycles. The number of amides is 2. The molecule has 1 aliphatic carbocycles. The Bertz CT molecular complexity index is 852. The van der Waals surface area contributed by atoms with Crippen LogP contribution in [0.2, 0.25) is 0 Å². The summed E-state index contributed by atoms with van der Waals surface area (Å²) in [5.74, 6) is 0.172. The molecule has 1 saturated carbocycles. The SMILES string of the molecule is O=C1COC[C@@]2(CCCN3C(=O)COc4ccc(F)cc4C4CCC(CC4)OC[C@H]32)N1. The summed E-state index contributed by atoms with van der Waals surface area (Å²) in [7, 11) is 0. The molecule has 31 heavy (non-hydrogen) atoms. The van der Waals surface area contributed by atoms with Crippen LogP contribution in [0.4, 0.5) is 4.39 Å². The third kappa shape index (κ3) is 4.03. The first kappa shape index (κ1) is 20.7. The highest BCUT2D eigenvalue weighted by atomic mass is 19.1. The Hall–Kier alpha value is -2.19. The first-order valence-corrected chi connectivity index (χ1v) is 11.3. The van der Waals surface area contributed by atoms with Crippen molar-refractivity contribution in [3.8, 4) is 5.75 Å². The van der Waals surface area contributed by atoms with Gasteiger partial charge in [0.05, 0.1) is 30.9 Å². The minimum Gasteiger partial charge on any atom is -0.483 e. The smallest absolute Gasteiger partial charge is 0.260 e. The van der Waals surface area contributed by atoms with E-state index in [-0.39, 0.29) is 48.9 Å². The van der Waals surface area contributed by atoms with Crippen molar-refractivity contribution in [2.75, 3.05) is 33.0 Å². The van der Waals surface area contributed by atoms with Gasteiger partial charge in [-0.05, 0) is 62.6 Å². The number of morpholine rings is 1. The van der Waals surface area contributed by atoms with Gasteiger partial charge in [-0.2, -0.15) is 0 Å². The summed E-state index contributed by atoms with van der Waals surface area (Å²) in [6, 6.07) is 4.24. The van der Waals surface area contributed by atoms with Crippen LogP contribution in [0.15, 0.2) is 18.2 Å². The van der Waals surface area contributed by atoms with Gasteiger partial charge in [-0.15, -0.1) is 0 Å². The monoisotopic (exact) mass is 432 g/mol. The molecular formula is C23H29FN2O5. The normalized spacial score (nSPS) is 34.0. The molecule has 0 radical (unpaired) electrons. The standard InChI is InChI=1S/C23H29FN2O5/c24-16-4-7-19-18(10-16)15-2-5-17(6-3-15)30-11-20-23(14-29-12-21(27)25-23)8-1-9-26(20)22(28)13-31-19/h4,7,10,15,17,20H,1-3,5-6,8-9,11-14H2,(H,25,27)/t15?,17?,20-,23+/m0/s1. The highest BCUT2D eigenvalue weighted by molar-refractivity contribution is 5.81. The average molecular weight is 432 g/mol. The van der Waals surface area contributed by atoms with Crippen molar-refractivity contribution in [1.29, 1.82) is 0 Å². The van der Waals surface area contributed by atoms with E-state index in [2.05, 4.69) is 5.32 Å². The van der Waals surface area contributed by atoms with Gasteiger partial charge in [-0.1, -0.05) is 0 Å². The maximum atomic E-state index is 14.0. The van der Waals surface area contributed by atoms with Crippen LogP contribution in [0.3, 0.4) is 0 Å². The van der Waals surface area contributed by atoms with Crippen molar-refractivity contribution in [1.82, 2.24) is 10.2 Å². The van der Waals surface area contributed by atoms with E-state index in [0.717, 1.165) is 44.1 Å². The fraction of sp³-hybridized carbons (Fsp3) is 0.652. The Labute approximate surface area is 181 Å². The molecule has 0 unspecified atom stereocenters. The zero-order valence-electron chi connectivity index (χ0n) is 17.6. The van der Waals surface area contributed by atoms with Crippen molar-refractivity contribution in [2.24, 2.45) is 0 Å². The largest absolute Gasteiger partial charge is 0.483 e. The number of carbonyl (C=O) groups is 2. The third-order valence-corrected chi connectivity index (χ3v) is 7.26. The predicted molar refractivity (Wildman–Crippen MR) is 109 cm³/mol. The highest BCUT2D eigenvalue weighted by Gasteiger charge is 2.49. The molecule has 4 heterocycles. The number of fused-ring (bicyclic) bond motifs is 5. The topological polar surface area (TPSA) is 77.1 Å². The molecule has 6 rings (SSSR count). The summed E-state index contributed by atoms with van der Waals surface area (Å²) in [5.41, 5.74) is 0.201. The van der Waals surface area contributed by atoms with Gasteiger partial charge in [0.1, 0.15) is 18.2 Å². The number of nitrogens with zero attached hydrogens (tertiary/aromatic N) is 1. The van der Waals surface area contributed by atoms with Gasteiger partial charge in [0.15, 0.2) is 6.61 Å². The van der Waals surface area contributed by atoms with E-state index >= 15 is 0 Å². The maximum Gasteiger partial charge on any atom is 0.260 e. The molecule has 7 nitrogen and oxygen atoms in total. The molecule has 4 aliphatic heterocycles. The van der Waals surface area contributed by atoms with Crippen molar-refractivity contribution >= 4 is 11.8 Å². The van der Waals surface area contributed by atoms with Crippen LogP contribution in [-0.4, -0.2) is 67.4 Å². The van der Waals surface area contributed by atoms with Gasteiger partial charge in [0.2, 0.25) is 5.91 Å². The summed E-state index contributed by atoms with van der Waals surface area (Å²) in [6.45, 7) is 1.22. The molecule has 168 valence electrons. The Balaban J connectivity index is 1.46. The fourth-order valence-corrected chi connectivity index (χ4v) is 5.68. The van der Waals surface area contributed by atoms with Crippen molar-refractivity contribution in [3.63, 3.8) is 0 Å². The van der Waals surface area contributed by atoms with Gasteiger partial charge < -0.3 is 24.4 Å². The van der Waals surface area contributed by atoms with E-state index in [1.54, 1.807) is 17.0 Å². The molecule has 2 bridgehead atoms. The summed E-state index contributed by atoms with van der Waals surface area (Å²) >= 11 is 0. The van der Waals surface area contributed by atoms with E-state index in [0.29, 0.717) is 25.5 Å². The number of ether oxygens (including phenoxy) is 3. The van der Waals surface area contributed by atoms with E-state index in [1.165, 1.54) is 6.07 Å². The lowest BCUT2D eigenvalue weighted by Gasteiger charge is -2.51. The van der Waals surface area contributed by atoms with Gasteiger partial charge in [-0.3, -0.25) is 9.59 Å². The molecular weight excluding hydrogens is 403 g/mol. The van der Waals surface area contributed by atoms with E-state index in [9.17, 15) is 14.0 Å². The summed E-state index contributed by atoms with van der Waals surface area (Å²) in [4.78, 5) is 27.2. The van der Waals surface area contributed by atoms with Gasteiger partial charge >= 0.3 is 0 Å². The molecule has 5 aliphatic rings. The number of rotatable bonds is 0. The molecule has 2 amide bonds. The van der Waals surface area contributed by atoms with Gasteiger partial charge in [0, 0.05) is 12.1 Å². The number of nitrogens with one attached hydrogen (secondary N) is 1. The van der Waals surface area contributed by atoms with Crippen LogP contribution in [0.1, 0.15) is 50.0 Å². The summed E-state index contributed by atoms with van der Waals surface area (Å²) < 4.78 is 31.8. The van der Waals surface area contributed by atoms with Crippen molar-refractivity contribution in [2.45, 2.75) is 62.1 Å². The van der Waals surface area contributed by atoms with Crippen LogP contribution in [0.25, 0.3) is 0 Å². The number of piperidine rings is 1. The van der Waals surface area contributed by atoms with Gasteiger partial charge in [0.25, 0.3) is 5.91 Å². The second-order valence-corrected chi connectivity index (χ2v) is 9.18. The molecule has 8 heteroatoms. The lowest BCUT2D eigenvalue weighted by molar-refractivity contribution is -0.156. The Morgan fingerprint density at radius 1 is 1.13 bits per heavy atom. The van der Waals surface area contributed by atoms with Crippen LogP contribution in [0, 0.1) is 5.82 Å².